The van der Waals surface area contributed by atoms with E-state index in [1.165, 1.54) is 0 Å². The van der Waals surface area contributed by atoms with Crippen molar-refractivity contribution in [1.82, 2.24) is 15.1 Å². The summed E-state index contributed by atoms with van der Waals surface area (Å²) in [5.74, 6) is -2.54. The van der Waals surface area contributed by atoms with Crippen LogP contribution in [0.25, 0.3) is 0 Å². The lowest BCUT2D eigenvalue weighted by atomic mass is 10.0. The number of halogens is 2. The predicted octanol–water partition coefficient (Wildman–Crippen LogP) is 2.75. The molecule has 1 amide bonds. The quantitative estimate of drug-likeness (QED) is 0.793. The zero-order valence-corrected chi connectivity index (χ0v) is 16.1. The van der Waals surface area contributed by atoms with Crippen molar-refractivity contribution in [2.75, 3.05) is 24.5 Å². The van der Waals surface area contributed by atoms with Gasteiger partial charge in [0, 0.05) is 32.1 Å². The van der Waals surface area contributed by atoms with Crippen LogP contribution in [0.4, 0.5) is 14.6 Å². The first kappa shape index (κ1) is 19.2. The average Bonchev–Trinajstić information content (AvgIpc) is 3.36. The second-order valence-corrected chi connectivity index (χ2v) is 7.71. The van der Waals surface area contributed by atoms with Gasteiger partial charge in [-0.25, -0.2) is 8.78 Å². The minimum Gasteiger partial charge on any atom is -0.349 e. The number of nitriles is 1. The van der Waals surface area contributed by atoms with Crippen LogP contribution in [-0.2, 0) is 11.2 Å². The van der Waals surface area contributed by atoms with Crippen molar-refractivity contribution in [2.24, 2.45) is 0 Å². The van der Waals surface area contributed by atoms with Crippen molar-refractivity contribution >= 4 is 11.7 Å². The van der Waals surface area contributed by atoms with Gasteiger partial charge in [-0.1, -0.05) is 24.3 Å². The minimum absolute atomic E-state index is 0.0203. The highest BCUT2D eigenvalue weighted by Gasteiger charge is 2.57. The van der Waals surface area contributed by atoms with Crippen LogP contribution in [0.5, 0.6) is 0 Å². The molecule has 2 aliphatic rings. The molecule has 2 heterocycles. The van der Waals surface area contributed by atoms with Crippen molar-refractivity contribution in [3.05, 3.63) is 53.2 Å². The first-order valence-electron chi connectivity index (χ1n) is 9.62. The number of benzene rings is 1. The fourth-order valence-corrected chi connectivity index (χ4v) is 3.79. The Labute approximate surface area is 167 Å². The van der Waals surface area contributed by atoms with E-state index < -0.39 is 11.8 Å². The molecule has 4 rings (SSSR count). The summed E-state index contributed by atoms with van der Waals surface area (Å²) in [6.07, 6.45) is 0.168. The van der Waals surface area contributed by atoms with Gasteiger partial charge >= 0.3 is 0 Å². The van der Waals surface area contributed by atoms with E-state index in [0.717, 1.165) is 5.56 Å². The fraction of sp³-hybridized carbons (Fsp3) is 0.429. The van der Waals surface area contributed by atoms with Gasteiger partial charge in [0.1, 0.15) is 6.07 Å². The standard InChI is InChI=1S/C21H21F2N5O/c1-14-13-27(8-9-28(14)19-7-6-17(12-24)25-26-19)20(29)10-15-2-4-16(5-3-15)18-11-21(18,22)23/h2-7,14,18H,8-11,13H2,1H3/t14-,18?/m0/s1. The monoisotopic (exact) mass is 397 g/mol. The predicted molar refractivity (Wildman–Crippen MR) is 103 cm³/mol. The molecule has 1 aromatic carbocycles. The van der Waals surface area contributed by atoms with E-state index in [-0.39, 0.29) is 30.5 Å². The van der Waals surface area contributed by atoms with Crippen molar-refractivity contribution in [2.45, 2.75) is 37.6 Å². The molecule has 2 fully saturated rings. The Morgan fingerprint density at radius 2 is 1.93 bits per heavy atom. The van der Waals surface area contributed by atoms with Crippen LogP contribution in [-0.4, -0.2) is 52.6 Å². The van der Waals surface area contributed by atoms with E-state index in [4.69, 9.17) is 5.26 Å². The van der Waals surface area contributed by atoms with Crippen molar-refractivity contribution < 1.29 is 13.6 Å². The van der Waals surface area contributed by atoms with Crippen molar-refractivity contribution in [3.63, 3.8) is 0 Å². The summed E-state index contributed by atoms with van der Waals surface area (Å²) in [6, 6.07) is 12.4. The molecule has 29 heavy (non-hydrogen) atoms. The maximum Gasteiger partial charge on any atom is 0.255 e. The minimum atomic E-state index is -2.58. The van der Waals surface area contributed by atoms with Crippen LogP contribution in [0.2, 0.25) is 0 Å². The van der Waals surface area contributed by atoms with Crippen LogP contribution < -0.4 is 4.90 Å². The van der Waals surface area contributed by atoms with Crippen LogP contribution >= 0.6 is 0 Å². The van der Waals surface area contributed by atoms with Crippen LogP contribution in [0.3, 0.4) is 0 Å². The average molecular weight is 397 g/mol. The smallest absolute Gasteiger partial charge is 0.255 e. The Hall–Kier alpha value is -3.08. The molecule has 0 radical (unpaired) electrons. The summed E-state index contributed by atoms with van der Waals surface area (Å²) in [7, 11) is 0. The number of alkyl halides is 2. The van der Waals surface area contributed by atoms with E-state index in [1.54, 1.807) is 36.4 Å². The SMILES string of the molecule is C[C@H]1CN(C(=O)Cc2ccc(C3CC3(F)F)cc2)CCN1c1ccc(C#N)nn1. The number of hydrogen-bond acceptors (Lipinski definition) is 5. The molecule has 1 aromatic heterocycles. The first-order valence-corrected chi connectivity index (χ1v) is 9.62. The number of hydrogen-bond donors (Lipinski definition) is 0. The van der Waals surface area contributed by atoms with Gasteiger partial charge in [-0.3, -0.25) is 4.79 Å². The Bertz CT molecular complexity index is 939. The molecule has 0 spiro atoms. The maximum absolute atomic E-state index is 13.2. The van der Waals surface area contributed by atoms with Gasteiger partial charge in [0.2, 0.25) is 5.91 Å². The molecule has 2 aromatic rings. The van der Waals surface area contributed by atoms with E-state index in [9.17, 15) is 13.6 Å². The molecule has 6 nitrogen and oxygen atoms in total. The molecule has 1 saturated carbocycles. The molecule has 8 heteroatoms. The third-order valence-corrected chi connectivity index (χ3v) is 5.60. The number of carbonyl (C=O) groups excluding carboxylic acids is 1. The number of nitrogens with zero attached hydrogens (tertiary/aromatic N) is 5. The molecule has 2 atom stereocenters. The number of rotatable bonds is 4. The van der Waals surface area contributed by atoms with Crippen molar-refractivity contribution in [3.8, 4) is 6.07 Å². The van der Waals surface area contributed by atoms with Crippen LogP contribution in [0.1, 0.15) is 36.1 Å². The number of piperazine rings is 1. The van der Waals surface area contributed by atoms with Gasteiger partial charge in [0.25, 0.3) is 5.92 Å². The highest BCUT2D eigenvalue weighted by Crippen LogP contribution is 2.55. The third kappa shape index (κ3) is 4.04. The fourth-order valence-electron chi connectivity index (χ4n) is 3.79. The Morgan fingerprint density at radius 1 is 1.21 bits per heavy atom. The molecular formula is C21H21F2N5O. The van der Waals surface area contributed by atoms with Gasteiger partial charge in [-0.05, 0) is 30.2 Å². The largest absolute Gasteiger partial charge is 0.349 e. The Balaban J connectivity index is 1.34. The molecule has 0 bridgehead atoms. The Kier molecular flexibility index (Phi) is 4.91. The molecule has 1 aliphatic carbocycles. The first-order chi connectivity index (χ1) is 13.9. The van der Waals surface area contributed by atoms with Crippen molar-refractivity contribution in [1.29, 1.82) is 5.26 Å². The Morgan fingerprint density at radius 3 is 2.48 bits per heavy atom. The van der Waals surface area contributed by atoms with Gasteiger partial charge in [-0.2, -0.15) is 5.26 Å². The lowest BCUT2D eigenvalue weighted by molar-refractivity contribution is -0.131. The zero-order valence-electron chi connectivity index (χ0n) is 16.1. The number of amides is 1. The third-order valence-electron chi connectivity index (χ3n) is 5.60. The molecule has 0 N–H and O–H groups in total. The highest BCUT2D eigenvalue weighted by atomic mass is 19.3. The summed E-state index contributed by atoms with van der Waals surface area (Å²) in [6.45, 7) is 3.78. The number of anilines is 1. The molecule has 150 valence electrons. The summed E-state index contributed by atoms with van der Waals surface area (Å²) >= 11 is 0. The van der Waals surface area contributed by atoms with Crippen LogP contribution in [0, 0.1) is 11.3 Å². The molecule has 1 saturated heterocycles. The number of carbonyl (C=O) groups is 1. The summed E-state index contributed by atoms with van der Waals surface area (Å²) in [5.41, 5.74) is 1.74. The second kappa shape index (κ2) is 7.39. The lowest BCUT2D eigenvalue weighted by Gasteiger charge is -2.40. The van der Waals surface area contributed by atoms with E-state index in [0.29, 0.717) is 31.0 Å². The summed E-state index contributed by atoms with van der Waals surface area (Å²) < 4.78 is 26.4. The van der Waals surface area contributed by atoms with Gasteiger partial charge in [-0.15, -0.1) is 10.2 Å². The van der Waals surface area contributed by atoms with Gasteiger partial charge in [0.15, 0.2) is 11.5 Å². The molecule has 1 aliphatic heterocycles. The molecule has 1 unspecified atom stereocenters. The molecular weight excluding hydrogens is 376 g/mol. The number of aromatic nitrogens is 2. The van der Waals surface area contributed by atoms with E-state index in [2.05, 4.69) is 15.1 Å². The summed E-state index contributed by atoms with van der Waals surface area (Å²) in [4.78, 5) is 16.6. The zero-order chi connectivity index (χ0) is 20.6. The maximum atomic E-state index is 13.2. The second-order valence-electron chi connectivity index (χ2n) is 7.71. The van der Waals surface area contributed by atoms with Crippen LogP contribution in [0.15, 0.2) is 36.4 Å². The van der Waals surface area contributed by atoms with Gasteiger partial charge in [0.05, 0.1) is 12.3 Å². The topological polar surface area (TPSA) is 73.1 Å². The van der Waals surface area contributed by atoms with E-state index in [1.807, 2.05) is 17.9 Å². The summed E-state index contributed by atoms with van der Waals surface area (Å²) in [5, 5.41) is 16.8. The lowest BCUT2D eigenvalue weighted by Crippen LogP contribution is -2.54. The highest BCUT2D eigenvalue weighted by molar-refractivity contribution is 5.79. The normalized spacial score (nSPS) is 22.8. The van der Waals surface area contributed by atoms with E-state index >= 15 is 0 Å². The van der Waals surface area contributed by atoms with Gasteiger partial charge < -0.3 is 9.80 Å².